The number of rotatable bonds is 6. The van der Waals surface area contributed by atoms with E-state index in [1.54, 1.807) is 12.4 Å². The number of aliphatic carboxylic acids is 1. The topological polar surface area (TPSA) is 89.0 Å². The molecule has 7 nitrogen and oxygen atoms in total. The van der Waals surface area contributed by atoms with Gasteiger partial charge >= 0.3 is 12.1 Å². The summed E-state index contributed by atoms with van der Waals surface area (Å²) < 4.78 is 43.9. The molecule has 1 aromatic rings. The van der Waals surface area contributed by atoms with Gasteiger partial charge in [0, 0.05) is 44.3 Å². The molecule has 1 unspecified atom stereocenters. The van der Waals surface area contributed by atoms with Gasteiger partial charge in [-0.3, -0.25) is 9.78 Å². The molecule has 1 N–H and O–H groups in total. The molecule has 2 saturated heterocycles. The highest BCUT2D eigenvalue weighted by Gasteiger charge is 2.46. The van der Waals surface area contributed by atoms with Crippen molar-refractivity contribution in [2.75, 3.05) is 26.3 Å². The fourth-order valence-electron chi connectivity index (χ4n) is 4.80. The summed E-state index contributed by atoms with van der Waals surface area (Å²) in [6.07, 6.45) is 7.84. The van der Waals surface area contributed by atoms with Crippen molar-refractivity contribution in [3.05, 3.63) is 41.7 Å². The van der Waals surface area contributed by atoms with Gasteiger partial charge in [0.25, 0.3) is 0 Å². The zero-order chi connectivity index (χ0) is 24.6. The zero-order valence-corrected chi connectivity index (χ0v) is 19.1. The monoisotopic (exact) mass is 484 g/mol. The van der Waals surface area contributed by atoms with Crippen LogP contribution in [0.1, 0.15) is 50.5 Å². The molecule has 0 radical (unpaired) electrons. The third-order valence-corrected chi connectivity index (χ3v) is 6.68. The van der Waals surface area contributed by atoms with E-state index in [0.717, 1.165) is 82.4 Å². The number of carboxylic acid groups (broad SMARTS) is 1. The van der Waals surface area contributed by atoms with Crippen LogP contribution in [0.15, 0.2) is 36.2 Å². The van der Waals surface area contributed by atoms with E-state index in [4.69, 9.17) is 19.4 Å². The molecule has 2 aliphatic heterocycles. The van der Waals surface area contributed by atoms with Gasteiger partial charge in [0.05, 0.1) is 12.2 Å². The van der Waals surface area contributed by atoms with Crippen LogP contribution in [0.3, 0.4) is 0 Å². The van der Waals surface area contributed by atoms with Crippen LogP contribution < -0.4 is 0 Å². The molecule has 1 aromatic heterocycles. The normalized spacial score (nSPS) is 21.7. The summed E-state index contributed by atoms with van der Waals surface area (Å²) in [4.78, 5) is 27.6. The number of carbonyl (C=O) groups is 2. The number of amides is 1. The van der Waals surface area contributed by atoms with E-state index in [-0.39, 0.29) is 11.5 Å². The molecule has 10 heteroatoms. The van der Waals surface area contributed by atoms with Crippen LogP contribution in [0.4, 0.5) is 13.2 Å². The predicted octanol–water partition coefficient (Wildman–Crippen LogP) is 4.13. The van der Waals surface area contributed by atoms with Crippen molar-refractivity contribution in [3.63, 3.8) is 0 Å². The highest BCUT2D eigenvalue weighted by molar-refractivity contribution is 5.93. The lowest BCUT2D eigenvalue weighted by Gasteiger charge is -2.42. The summed E-state index contributed by atoms with van der Waals surface area (Å²) in [7, 11) is 0. The van der Waals surface area contributed by atoms with Crippen molar-refractivity contribution in [2.45, 2.75) is 63.3 Å². The van der Waals surface area contributed by atoms with Crippen molar-refractivity contribution in [2.24, 2.45) is 5.92 Å². The Hall–Kier alpha value is -2.46. The molecule has 3 aliphatic rings. The van der Waals surface area contributed by atoms with Crippen molar-refractivity contribution in [1.29, 1.82) is 0 Å². The minimum Gasteiger partial charge on any atom is -0.475 e. The first-order valence-electron chi connectivity index (χ1n) is 11.6. The predicted molar refractivity (Wildman–Crippen MR) is 117 cm³/mol. The van der Waals surface area contributed by atoms with E-state index in [9.17, 15) is 18.0 Å². The molecular weight excluding hydrogens is 453 g/mol. The van der Waals surface area contributed by atoms with Crippen molar-refractivity contribution in [1.82, 2.24) is 9.88 Å². The average molecular weight is 485 g/mol. The highest BCUT2D eigenvalue weighted by Crippen LogP contribution is 2.42. The molecule has 0 bridgehead atoms. The van der Waals surface area contributed by atoms with E-state index in [1.165, 1.54) is 0 Å². The number of hydrogen-bond acceptors (Lipinski definition) is 5. The van der Waals surface area contributed by atoms with Gasteiger partial charge in [0.2, 0.25) is 5.91 Å². The molecule has 3 heterocycles. The Kier molecular flexibility index (Phi) is 9.07. The van der Waals surface area contributed by atoms with E-state index in [1.807, 2.05) is 17.0 Å². The first-order valence-corrected chi connectivity index (χ1v) is 11.6. The van der Waals surface area contributed by atoms with Gasteiger partial charge < -0.3 is 19.5 Å². The average Bonchev–Trinajstić information content (AvgIpc) is 3.48. The number of hydrogen-bond donors (Lipinski definition) is 1. The number of ether oxygens (including phenoxy) is 2. The number of likely N-dealkylation sites (tertiary alicyclic amines) is 1. The van der Waals surface area contributed by atoms with Gasteiger partial charge in [-0.25, -0.2) is 4.79 Å². The standard InChI is InChI=1S/C22H30N2O3.C2HF3O2/c25-21(19-3-1-2-4-19)24-13-9-22(10-14-24)20(8-16-27-22)7-15-26-17-18-5-11-23-12-6-18;3-2(4,5)1(6)7/h3,5-6,11-12,20H,1-2,4,7-10,13-17H2;(H,6,7). The largest absolute Gasteiger partial charge is 0.490 e. The second-order valence-corrected chi connectivity index (χ2v) is 8.81. The SMILES string of the molecule is O=C(C1=CCCC1)N1CCC2(CC1)OCCC2CCOCc1ccncc1.O=C(O)C(F)(F)F. The van der Waals surface area contributed by atoms with Gasteiger partial charge in [-0.15, -0.1) is 0 Å². The van der Waals surface area contributed by atoms with Crippen LogP contribution >= 0.6 is 0 Å². The smallest absolute Gasteiger partial charge is 0.475 e. The van der Waals surface area contributed by atoms with E-state index >= 15 is 0 Å². The van der Waals surface area contributed by atoms with E-state index in [2.05, 4.69) is 11.1 Å². The van der Waals surface area contributed by atoms with Crippen LogP contribution in [-0.4, -0.2) is 64.9 Å². The van der Waals surface area contributed by atoms with Crippen molar-refractivity contribution < 1.29 is 37.3 Å². The van der Waals surface area contributed by atoms with Crippen LogP contribution in [0, 0.1) is 5.92 Å². The molecule has 188 valence electrons. The number of aromatic nitrogens is 1. The molecule has 1 amide bonds. The van der Waals surface area contributed by atoms with Gasteiger partial charge in [0.1, 0.15) is 0 Å². The summed E-state index contributed by atoms with van der Waals surface area (Å²) in [5.74, 6) is -1.96. The second-order valence-electron chi connectivity index (χ2n) is 8.81. The zero-order valence-electron chi connectivity index (χ0n) is 19.1. The maximum Gasteiger partial charge on any atom is 0.490 e. The quantitative estimate of drug-likeness (QED) is 0.611. The molecule has 2 fully saturated rings. The van der Waals surface area contributed by atoms with E-state index < -0.39 is 12.1 Å². The highest BCUT2D eigenvalue weighted by atomic mass is 19.4. The molecule has 4 rings (SSSR count). The Labute approximate surface area is 196 Å². The van der Waals surface area contributed by atoms with E-state index in [0.29, 0.717) is 12.5 Å². The molecule has 0 aromatic carbocycles. The number of pyridine rings is 1. The maximum absolute atomic E-state index is 12.6. The van der Waals surface area contributed by atoms with Crippen molar-refractivity contribution in [3.8, 4) is 0 Å². The number of piperidine rings is 1. The molecule has 1 atom stereocenters. The molecular formula is C24H31F3N2O5. The third kappa shape index (κ3) is 7.02. The number of carboxylic acids is 1. The number of alkyl halides is 3. The van der Waals surface area contributed by atoms with Gasteiger partial charge in [-0.1, -0.05) is 6.08 Å². The Morgan fingerprint density at radius 2 is 1.91 bits per heavy atom. The number of carbonyl (C=O) groups excluding carboxylic acids is 1. The summed E-state index contributed by atoms with van der Waals surface area (Å²) in [6.45, 7) is 3.89. The molecule has 1 spiro atoms. The summed E-state index contributed by atoms with van der Waals surface area (Å²) in [6, 6.07) is 3.99. The fraction of sp³-hybridized carbons (Fsp3) is 0.625. The van der Waals surface area contributed by atoms with Crippen LogP contribution in [-0.2, 0) is 25.7 Å². The number of allylic oxidation sites excluding steroid dienone is 1. The first kappa shape index (κ1) is 26.2. The minimum atomic E-state index is -5.08. The van der Waals surface area contributed by atoms with Gasteiger partial charge in [-0.05, 0) is 68.6 Å². The Morgan fingerprint density at radius 3 is 2.50 bits per heavy atom. The maximum atomic E-state index is 12.6. The van der Waals surface area contributed by atoms with Crippen LogP contribution in [0.25, 0.3) is 0 Å². The number of halogens is 3. The molecule has 34 heavy (non-hydrogen) atoms. The van der Waals surface area contributed by atoms with Gasteiger partial charge in [-0.2, -0.15) is 13.2 Å². The molecule has 1 aliphatic carbocycles. The lowest BCUT2D eigenvalue weighted by molar-refractivity contribution is -0.192. The Bertz CT molecular complexity index is 852. The summed E-state index contributed by atoms with van der Waals surface area (Å²) in [5.41, 5.74) is 2.15. The number of nitrogens with zero attached hydrogens (tertiary/aromatic N) is 2. The minimum absolute atomic E-state index is 0.0408. The second kappa shape index (κ2) is 11.8. The summed E-state index contributed by atoms with van der Waals surface area (Å²) >= 11 is 0. The van der Waals surface area contributed by atoms with Crippen LogP contribution in [0.2, 0.25) is 0 Å². The first-order chi connectivity index (χ1) is 16.2. The van der Waals surface area contributed by atoms with Crippen LogP contribution in [0.5, 0.6) is 0 Å². The lowest BCUT2D eigenvalue weighted by Crippen LogP contribution is -2.49. The van der Waals surface area contributed by atoms with Crippen molar-refractivity contribution >= 4 is 11.9 Å². The summed E-state index contributed by atoms with van der Waals surface area (Å²) in [5, 5.41) is 7.12. The Morgan fingerprint density at radius 1 is 1.24 bits per heavy atom. The lowest BCUT2D eigenvalue weighted by atomic mass is 9.78. The van der Waals surface area contributed by atoms with Gasteiger partial charge in [0.15, 0.2) is 0 Å². The molecule has 0 saturated carbocycles. The third-order valence-electron chi connectivity index (χ3n) is 6.68. The fourth-order valence-corrected chi connectivity index (χ4v) is 4.80. The Balaban J connectivity index is 0.000000406.